The Balaban J connectivity index is 1.16. The molecule has 1 saturated carbocycles. The molecule has 2 aliphatic carbocycles. The number of hydrogen-bond acceptors (Lipinski definition) is 9. The van der Waals surface area contributed by atoms with Crippen molar-refractivity contribution < 1.29 is 19.1 Å². The summed E-state index contributed by atoms with van der Waals surface area (Å²) in [5.41, 5.74) is 2.58. The number of urea groups is 1. The van der Waals surface area contributed by atoms with E-state index in [0.717, 1.165) is 48.3 Å². The second kappa shape index (κ2) is 15.4. The van der Waals surface area contributed by atoms with Gasteiger partial charge in [-0.1, -0.05) is 78.1 Å². The molecule has 2 atom stereocenters. The van der Waals surface area contributed by atoms with E-state index in [0.29, 0.717) is 37.4 Å². The van der Waals surface area contributed by atoms with Crippen molar-refractivity contribution in [2.45, 2.75) is 108 Å². The molecule has 0 spiro atoms. The third kappa shape index (κ3) is 8.46. The van der Waals surface area contributed by atoms with Crippen LogP contribution in [-0.2, 0) is 15.6 Å². The molecule has 3 heterocycles. The summed E-state index contributed by atoms with van der Waals surface area (Å²) in [6.45, 7) is 11.2. The predicted molar refractivity (Wildman–Crippen MR) is 204 cm³/mol. The molecule has 3 aromatic heterocycles. The van der Waals surface area contributed by atoms with Gasteiger partial charge in [0.2, 0.25) is 5.82 Å². The van der Waals surface area contributed by atoms with Crippen LogP contribution in [0.15, 0.2) is 48.7 Å². The van der Waals surface area contributed by atoms with Crippen molar-refractivity contribution in [1.82, 2.24) is 40.1 Å². The molecule has 6 rings (SSSR count). The van der Waals surface area contributed by atoms with Crippen LogP contribution in [0.2, 0.25) is 0 Å². The SMILES string of the molecule is COCC(C)(C)c1nnc2ccc(O[C@@H]3CC[C@H](NC(=O)Nc4cc(C(C)(C)C)nc(C(=O)NCC5(N(C)C)CCCCC5)n4)c4ccccc43)cn12. The van der Waals surface area contributed by atoms with E-state index in [2.05, 4.69) is 75.0 Å². The largest absolute Gasteiger partial charge is 0.484 e. The third-order valence-corrected chi connectivity index (χ3v) is 10.8. The maximum atomic E-state index is 13.6. The fourth-order valence-corrected chi connectivity index (χ4v) is 7.64. The van der Waals surface area contributed by atoms with Crippen LogP contribution in [0.5, 0.6) is 5.75 Å². The molecule has 3 amide bonds. The predicted octanol–water partition coefficient (Wildman–Crippen LogP) is 6.51. The van der Waals surface area contributed by atoms with Crippen LogP contribution in [0.4, 0.5) is 10.6 Å². The monoisotopic (exact) mass is 725 g/mol. The van der Waals surface area contributed by atoms with Gasteiger partial charge in [-0.2, -0.15) is 0 Å². The zero-order valence-corrected chi connectivity index (χ0v) is 32.5. The van der Waals surface area contributed by atoms with Crippen LogP contribution in [-0.4, -0.2) is 81.3 Å². The highest BCUT2D eigenvalue weighted by Gasteiger charge is 2.35. The highest BCUT2D eigenvalue weighted by atomic mass is 16.5. The van der Waals surface area contributed by atoms with Gasteiger partial charge in [0.25, 0.3) is 5.91 Å². The number of hydrogen-bond donors (Lipinski definition) is 3. The molecule has 0 bridgehead atoms. The summed E-state index contributed by atoms with van der Waals surface area (Å²) in [5.74, 6) is 1.46. The van der Waals surface area contributed by atoms with E-state index in [4.69, 9.17) is 9.47 Å². The average Bonchev–Trinajstić information content (AvgIpc) is 3.56. The van der Waals surface area contributed by atoms with Crippen LogP contribution >= 0.6 is 0 Å². The van der Waals surface area contributed by atoms with Crippen molar-refractivity contribution in [3.8, 4) is 5.75 Å². The number of nitrogens with one attached hydrogen (secondary N) is 3. The van der Waals surface area contributed by atoms with Crippen LogP contribution in [0, 0.1) is 0 Å². The first-order chi connectivity index (χ1) is 25.2. The molecule has 4 aromatic rings. The quantitative estimate of drug-likeness (QED) is 0.157. The number of fused-ring (bicyclic) bond motifs is 2. The van der Waals surface area contributed by atoms with Crippen molar-refractivity contribution >= 4 is 23.4 Å². The lowest BCUT2D eigenvalue weighted by Gasteiger charge is -2.43. The molecule has 0 aliphatic heterocycles. The summed E-state index contributed by atoms with van der Waals surface area (Å²) in [5, 5.41) is 18.0. The summed E-state index contributed by atoms with van der Waals surface area (Å²) in [6.07, 6.45) is 8.62. The van der Waals surface area contributed by atoms with Crippen LogP contribution in [0.1, 0.15) is 125 Å². The number of rotatable bonds is 11. The van der Waals surface area contributed by atoms with Crippen molar-refractivity contribution in [3.63, 3.8) is 0 Å². The van der Waals surface area contributed by atoms with E-state index in [-0.39, 0.29) is 46.1 Å². The number of methoxy groups -OCH3 is 1. The molecule has 0 unspecified atom stereocenters. The van der Waals surface area contributed by atoms with Gasteiger partial charge in [-0.15, -0.1) is 10.2 Å². The number of carbonyl (C=O) groups is 2. The van der Waals surface area contributed by atoms with Gasteiger partial charge in [0.1, 0.15) is 23.5 Å². The molecule has 3 N–H and O–H groups in total. The topological polar surface area (TPSA) is 148 Å². The molecule has 1 aromatic carbocycles. The fourth-order valence-electron chi connectivity index (χ4n) is 7.64. The molecule has 284 valence electrons. The van der Waals surface area contributed by atoms with E-state index < -0.39 is 6.03 Å². The molecule has 2 aliphatic rings. The summed E-state index contributed by atoms with van der Waals surface area (Å²) < 4.78 is 14.0. The van der Waals surface area contributed by atoms with E-state index in [1.807, 2.05) is 61.7 Å². The van der Waals surface area contributed by atoms with Gasteiger partial charge in [-0.25, -0.2) is 14.8 Å². The summed E-state index contributed by atoms with van der Waals surface area (Å²) in [7, 11) is 5.83. The average molecular weight is 726 g/mol. The standard InChI is InChI=1S/C40H55N9O4/c1-38(2,3)31-22-32(44-34(43-31)35(50)41-24-40(48(6)7)20-12-9-13-21-40)45-37(51)42-29-17-18-30(28-15-11-10-14-27(28)29)53-26-16-19-33-46-47-36(49(33)23-26)39(4,5)25-52-8/h10-11,14-16,19,22-23,29-30H,9,12-13,17-18,20-21,24-25H2,1-8H3,(H,41,50)(H2,42,43,44,45,51)/t29-,30+/m0/s1. The smallest absolute Gasteiger partial charge is 0.320 e. The minimum atomic E-state index is -0.410. The fraction of sp³-hybridized carbons (Fsp3) is 0.550. The minimum absolute atomic E-state index is 0.0412. The molecule has 1 fully saturated rings. The van der Waals surface area contributed by atoms with E-state index in [9.17, 15) is 9.59 Å². The number of amides is 3. The van der Waals surface area contributed by atoms with Crippen LogP contribution in [0.3, 0.4) is 0 Å². The Morgan fingerprint density at radius 2 is 1.70 bits per heavy atom. The molecular weight excluding hydrogens is 670 g/mol. The molecule has 13 nitrogen and oxygen atoms in total. The van der Waals surface area contributed by atoms with Crippen molar-refractivity contribution in [1.29, 1.82) is 0 Å². The second-order valence-electron chi connectivity index (χ2n) is 16.5. The molecular formula is C40H55N9O4. The van der Waals surface area contributed by atoms with E-state index in [1.54, 1.807) is 13.2 Å². The number of pyridine rings is 1. The zero-order valence-electron chi connectivity index (χ0n) is 32.5. The molecule has 13 heteroatoms. The number of ether oxygens (including phenoxy) is 2. The van der Waals surface area contributed by atoms with Crippen LogP contribution in [0.25, 0.3) is 5.65 Å². The number of carbonyl (C=O) groups excluding carboxylic acids is 2. The van der Waals surface area contributed by atoms with Crippen molar-refractivity contribution in [2.75, 3.05) is 39.7 Å². The van der Waals surface area contributed by atoms with Gasteiger partial charge in [0, 0.05) is 36.1 Å². The summed E-state index contributed by atoms with van der Waals surface area (Å²) in [6, 6.07) is 12.9. The normalized spacial score (nSPS) is 18.7. The summed E-state index contributed by atoms with van der Waals surface area (Å²) >= 11 is 0. The Bertz CT molecular complexity index is 1930. The van der Waals surface area contributed by atoms with Gasteiger partial charge < -0.3 is 25.0 Å². The highest BCUT2D eigenvalue weighted by Crippen LogP contribution is 2.39. The first-order valence-corrected chi connectivity index (χ1v) is 18.7. The van der Waals surface area contributed by atoms with Crippen molar-refractivity contribution in [2.24, 2.45) is 0 Å². The lowest BCUT2D eigenvalue weighted by atomic mass is 9.80. The van der Waals surface area contributed by atoms with E-state index in [1.165, 1.54) is 6.42 Å². The Morgan fingerprint density at radius 1 is 0.962 bits per heavy atom. The van der Waals surface area contributed by atoms with Gasteiger partial charge in [-0.05, 0) is 63.0 Å². The van der Waals surface area contributed by atoms with Gasteiger partial charge in [0.05, 0.1) is 24.5 Å². The Morgan fingerprint density at radius 3 is 2.40 bits per heavy atom. The minimum Gasteiger partial charge on any atom is -0.484 e. The van der Waals surface area contributed by atoms with Gasteiger partial charge in [-0.3, -0.25) is 14.5 Å². The molecule has 0 radical (unpaired) electrons. The molecule has 0 saturated heterocycles. The second-order valence-corrected chi connectivity index (χ2v) is 16.5. The van der Waals surface area contributed by atoms with Gasteiger partial charge in [0.15, 0.2) is 5.65 Å². The summed E-state index contributed by atoms with van der Waals surface area (Å²) in [4.78, 5) is 38.5. The van der Waals surface area contributed by atoms with Gasteiger partial charge >= 0.3 is 6.03 Å². The van der Waals surface area contributed by atoms with Crippen molar-refractivity contribution in [3.05, 3.63) is 77.1 Å². The number of aromatic nitrogens is 5. The zero-order chi connectivity index (χ0) is 38.0. The maximum absolute atomic E-state index is 13.6. The lowest BCUT2D eigenvalue weighted by molar-refractivity contribution is 0.0792. The Hall–Kier alpha value is -4.62. The maximum Gasteiger partial charge on any atom is 0.320 e. The van der Waals surface area contributed by atoms with E-state index >= 15 is 0 Å². The number of nitrogens with zero attached hydrogens (tertiary/aromatic N) is 6. The van der Waals surface area contributed by atoms with Crippen LogP contribution < -0.4 is 20.7 Å². The number of benzene rings is 1. The number of anilines is 1. The molecule has 53 heavy (non-hydrogen) atoms. The highest BCUT2D eigenvalue weighted by molar-refractivity contribution is 5.92. The first-order valence-electron chi connectivity index (χ1n) is 18.7. The lowest BCUT2D eigenvalue weighted by Crippen LogP contribution is -2.54. The first kappa shape index (κ1) is 38.1. The third-order valence-electron chi connectivity index (χ3n) is 10.8. The Labute approximate surface area is 312 Å². The Kier molecular flexibility index (Phi) is 11.1. The number of likely N-dealkylation sites (N-methyl/N-ethyl adjacent to an activating group) is 1.